The van der Waals surface area contributed by atoms with E-state index in [2.05, 4.69) is 38.1 Å². The summed E-state index contributed by atoms with van der Waals surface area (Å²) in [5, 5.41) is -0.146. The largest absolute Gasteiger partial charge is 0.461 e. The summed E-state index contributed by atoms with van der Waals surface area (Å²) in [6, 6.07) is 8.41. The highest BCUT2D eigenvalue weighted by molar-refractivity contribution is 6.22. The van der Waals surface area contributed by atoms with Crippen LogP contribution in [0, 0.1) is 0 Å². The molecule has 1 aliphatic heterocycles. The third kappa shape index (κ3) is 2.69. The first-order chi connectivity index (χ1) is 8.49. The standard InChI is InChI=1S/C15H19ClO2/c1-9(2)11-4-6-12(7-5-11)13-8-14(17)18-10(3)15(13)16/h4-7,9-10,13,15H,8H2,1-3H3/t10-,13+,15?/m1/s1. The predicted molar refractivity (Wildman–Crippen MR) is 73.1 cm³/mol. The average Bonchev–Trinajstić information content (AvgIpc) is 2.34. The molecule has 1 heterocycles. The molecule has 1 saturated heterocycles. The third-order valence-electron chi connectivity index (χ3n) is 3.57. The minimum Gasteiger partial charge on any atom is -0.461 e. The number of hydrogen-bond donors (Lipinski definition) is 0. The molecule has 2 rings (SSSR count). The Bertz CT molecular complexity index is 425. The number of hydrogen-bond acceptors (Lipinski definition) is 2. The summed E-state index contributed by atoms with van der Waals surface area (Å²) >= 11 is 6.36. The maximum absolute atomic E-state index is 11.5. The molecule has 3 heteroatoms. The van der Waals surface area contributed by atoms with Crippen molar-refractivity contribution in [1.82, 2.24) is 0 Å². The van der Waals surface area contributed by atoms with Gasteiger partial charge < -0.3 is 4.74 Å². The van der Waals surface area contributed by atoms with Gasteiger partial charge in [0.25, 0.3) is 0 Å². The van der Waals surface area contributed by atoms with Crippen LogP contribution in [0.15, 0.2) is 24.3 Å². The SMILES string of the molecule is CC(C)c1ccc([C@@H]2CC(=O)O[C@H](C)C2Cl)cc1. The molecule has 0 bridgehead atoms. The summed E-state index contributed by atoms with van der Waals surface area (Å²) in [6.45, 7) is 6.18. The molecule has 0 amide bonds. The van der Waals surface area contributed by atoms with Gasteiger partial charge in [-0.05, 0) is 24.0 Å². The van der Waals surface area contributed by atoms with Crippen molar-refractivity contribution >= 4 is 17.6 Å². The molecular formula is C15H19ClO2. The van der Waals surface area contributed by atoms with Crippen LogP contribution in [0.2, 0.25) is 0 Å². The van der Waals surface area contributed by atoms with Gasteiger partial charge in [0.1, 0.15) is 6.10 Å². The van der Waals surface area contributed by atoms with Crippen LogP contribution in [-0.4, -0.2) is 17.5 Å². The zero-order chi connectivity index (χ0) is 13.3. The maximum atomic E-state index is 11.5. The Morgan fingerprint density at radius 2 is 1.89 bits per heavy atom. The lowest BCUT2D eigenvalue weighted by Crippen LogP contribution is -2.36. The summed E-state index contributed by atoms with van der Waals surface area (Å²) in [6.07, 6.45) is 0.155. The van der Waals surface area contributed by atoms with Crippen LogP contribution in [0.1, 0.15) is 50.2 Å². The van der Waals surface area contributed by atoms with Crippen molar-refractivity contribution in [2.45, 2.75) is 50.5 Å². The molecule has 18 heavy (non-hydrogen) atoms. The lowest BCUT2D eigenvalue weighted by atomic mass is 9.87. The van der Waals surface area contributed by atoms with Gasteiger partial charge in [-0.1, -0.05) is 38.1 Å². The highest BCUT2D eigenvalue weighted by Gasteiger charge is 2.35. The van der Waals surface area contributed by atoms with E-state index in [1.54, 1.807) is 0 Å². The predicted octanol–water partition coefficient (Wildman–Crippen LogP) is 3.84. The minimum absolute atomic E-state index is 0.0594. The van der Waals surface area contributed by atoms with Gasteiger partial charge in [-0.25, -0.2) is 0 Å². The quantitative estimate of drug-likeness (QED) is 0.601. The van der Waals surface area contributed by atoms with Crippen molar-refractivity contribution < 1.29 is 9.53 Å². The first-order valence-corrected chi connectivity index (χ1v) is 6.86. The zero-order valence-corrected chi connectivity index (χ0v) is 11.8. The minimum atomic E-state index is -0.220. The van der Waals surface area contributed by atoms with Crippen molar-refractivity contribution in [2.24, 2.45) is 0 Å². The lowest BCUT2D eigenvalue weighted by Gasteiger charge is -2.32. The zero-order valence-electron chi connectivity index (χ0n) is 11.0. The summed E-state index contributed by atoms with van der Waals surface area (Å²) in [4.78, 5) is 11.5. The molecule has 0 radical (unpaired) electrons. The molecule has 0 saturated carbocycles. The normalized spacial score (nSPS) is 28.3. The highest BCUT2D eigenvalue weighted by atomic mass is 35.5. The van der Waals surface area contributed by atoms with E-state index in [1.165, 1.54) is 5.56 Å². The van der Waals surface area contributed by atoms with Gasteiger partial charge in [-0.3, -0.25) is 4.79 Å². The molecule has 1 aromatic rings. The Morgan fingerprint density at radius 1 is 1.28 bits per heavy atom. The number of rotatable bonds is 2. The van der Waals surface area contributed by atoms with Gasteiger partial charge in [0.15, 0.2) is 0 Å². The van der Waals surface area contributed by atoms with Gasteiger partial charge in [0, 0.05) is 5.92 Å². The van der Waals surface area contributed by atoms with E-state index < -0.39 is 0 Å². The number of carbonyl (C=O) groups is 1. The van der Waals surface area contributed by atoms with Crippen molar-refractivity contribution in [2.75, 3.05) is 0 Å². The molecular weight excluding hydrogens is 248 g/mol. The van der Waals surface area contributed by atoms with Gasteiger partial charge in [0.05, 0.1) is 11.8 Å². The average molecular weight is 267 g/mol. The van der Waals surface area contributed by atoms with Crippen molar-refractivity contribution in [1.29, 1.82) is 0 Å². The van der Waals surface area contributed by atoms with Crippen LogP contribution < -0.4 is 0 Å². The Balaban J connectivity index is 2.21. The lowest BCUT2D eigenvalue weighted by molar-refractivity contribution is -0.153. The monoisotopic (exact) mass is 266 g/mol. The fourth-order valence-electron chi connectivity index (χ4n) is 2.37. The van der Waals surface area contributed by atoms with E-state index in [4.69, 9.17) is 16.3 Å². The van der Waals surface area contributed by atoms with Crippen molar-refractivity contribution in [3.8, 4) is 0 Å². The Hall–Kier alpha value is -1.02. The number of esters is 1. The van der Waals surface area contributed by atoms with Crippen molar-refractivity contribution in [3.05, 3.63) is 35.4 Å². The number of alkyl halides is 1. The molecule has 98 valence electrons. The summed E-state index contributed by atoms with van der Waals surface area (Å²) in [7, 11) is 0. The van der Waals surface area contributed by atoms with Crippen LogP contribution >= 0.6 is 11.6 Å². The van der Waals surface area contributed by atoms with Crippen LogP contribution in [0.3, 0.4) is 0 Å². The molecule has 1 unspecified atom stereocenters. The molecule has 0 aromatic heterocycles. The highest BCUT2D eigenvalue weighted by Crippen LogP contribution is 2.35. The van der Waals surface area contributed by atoms with Gasteiger partial charge in [-0.15, -0.1) is 11.6 Å². The van der Waals surface area contributed by atoms with E-state index in [0.717, 1.165) is 5.56 Å². The summed E-state index contributed by atoms with van der Waals surface area (Å²) in [5.41, 5.74) is 2.43. The Labute approximate surface area is 113 Å². The maximum Gasteiger partial charge on any atom is 0.306 e. The van der Waals surface area contributed by atoms with Gasteiger partial charge in [-0.2, -0.15) is 0 Å². The second-order valence-corrected chi connectivity index (χ2v) is 5.78. The van der Waals surface area contributed by atoms with Crippen molar-refractivity contribution in [3.63, 3.8) is 0 Å². The second kappa shape index (κ2) is 5.31. The fourth-order valence-corrected chi connectivity index (χ4v) is 2.66. The smallest absolute Gasteiger partial charge is 0.306 e. The van der Waals surface area contributed by atoms with Gasteiger partial charge in [0.2, 0.25) is 0 Å². The first-order valence-electron chi connectivity index (χ1n) is 6.42. The number of cyclic esters (lactones) is 1. The number of ether oxygens (including phenoxy) is 1. The van der Waals surface area contributed by atoms with E-state index in [1.807, 2.05) is 6.92 Å². The van der Waals surface area contributed by atoms with E-state index in [-0.39, 0.29) is 23.4 Å². The fraction of sp³-hybridized carbons (Fsp3) is 0.533. The third-order valence-corrected chi connectivity index (χ3v) is 4.23. The topological polar surface area (TPSA) is 26.3 Å². The first kappa shape index (κ1) is 13.4. The molecule has 0 spiro atoms. The summed E-state index contributed by atoms with van der Waals surface area (Å²) in [5.74, 6) is 0.419. The van der Waals surface area contributed by atoms with Crippen LogP contribution in [-0.2, 0) is 9.53 Å². The van der Waals surface area contributed by atoms with E-state index in [0.29, 0.717) is 12.3 Å². The Morgan fingerprint density at radius 3 is 2.44 bits per heavy atom. The Kier molecular flexibility index (Phi) is 3.96. The molecule has 3 atom stereocenters. The summed E-state index contributed by atoms with van der Waals surface area (Å²) < 4.78 is 5.14. The molecule has 0 aliphatic carbocycles. The number of carbonyl (C=O) groups excluding carboxylic acids is 1. The molecule has 1 fully saturated rings. The molecule has 2 nitrogen and oxygen atoms in total. The molecule has 1 aromatic carbocycles. The molecule has 1 aliphatic rings. The number of halogens is 1. The second-order valence-electron chi connectivity index (χ2n) is 5.27. The van der Waals surface area contributed by atoms with Crippen LogP contribution in [0.4, 0.5) is 0 Å². The molecule has 0 N–H and O–H groups in total. The van der Waals surface area contributed by atoms with E-state index >= 15 is 0 Å². The van der Waals surface area contributed by atoms with Crippen LogP contribution in [0.5, 0.6) is 0 Å². The van der Waals surface area contributed by atoms with Crippen LogP contribution in [0.25, 0.3) is 0 Å². The van der Waals surface area contributed by atoms with Gasteiger partial charge >= 0.3 is 5.97 Å². The van der Waals surface area contributed by atoms with E-state index in [9.17, 15) is 4.79 Å². The number of benzene rings is 1.